The molecule has 0 spiro atoms. The smallest absolute Gasteiger partial charge is 0.184 e. The fourth-order valence-electron chi connectivity index (χ4n) is 1.43. The van der Waals surface area contributed by atoms with Gasteiger partial charge in [-0.05, 0) is 46.3 Å². The lowest BCUT2D eigenvalue weighted by Crippen LogP contribution is -2.10. The summed E-state index contributed by atoms with van der Waals surface area (Å²) in [7, 11) is 0. The van der Waals surface area contributed by atoms with Crippen LogP contribution in [0.2, 0.25) is 5.02 Å². The van der Waals surface area contributed by atoms with Crippen LogP contribution >= 0.6 is 27.5 Å². The van der Waals surface area contributed by atoms with Crippen molar-refractivity contribution in [3.05, 3.63) is 57.3 Å². The Labute approximate surface area is 122 Å². The molecule has 2 aromatic rings. The molecule has 0 unspecified atom stereocenters. The lowest BCUT2D eigenvalue weighted by Gasteiger charge is -2.10. The van der Waals surface area contributed by atoms with Gasteiger partial charge in [0.1, 0.15) is 11.6 Å². The molecule has 0 aliphatic rings. The molecule has 0 aliphatic carbocycles. The predicted molar refractivity (Wildman–Crippen MR) is 76.6 cm³/mol. The van der Waals surface area contributed by atoms with Crippen LogP contribution in [-0.4, -0.2) is 5.84 Å². The average molecular weight is 344 g/mol. The zero-order chi connectivity index (χ0) is 14.0. The number of nitrogens with one attached hydrogen (secondary N) is 1. The van der Waals surface area contributed by atoms with Gasteiger partial charge in [-0.1, -0.05) is 17.7 Å². The molecule has 6 heteroatoms. The minimum absolute atomic E-state index is 0.00558. The van der Waals surface area contributed by atoms with Crippen LogP contribution in [0.15, 0.2) is 40.9 Å². The van der Waals surface area contributed by atoms with Gasteiger partial charge in [-0.3, -0.25) is 5.41 Å². The van der Waals surface area contributed by atoms with Crippen LogP contribution < -0.4 is 10.5 Å². The van der Waals surface area contributed by atoms with Crippen molar-refractivity contribution in [2.24, 2.45) is 5.73 Å². The number of nitrogen functional groups attached to an aromatic ring is 1. The van der Waals surface area contributed by atoms with Crippen molar-refractivity contribution in [2.45, 2.75) is 0 Å². The molecule has 2 rings (SSSR count). The highest BCUT2D eigenvalue weighted by atomic mass is 79.9. The molecule has 0 radical (unpaired) electrons. The molecule has 3 nitrogen and oxygen atoms in total. The van der Waals surface area contributed by atoms with E-state index in [2.05, 4.69) is 15.9 Å². The van der Waals surface area contributed by atoms with Crippen LogP contribution in [0.25, 0.3) is 0 Å². The third-order valence-corrected chi connectivity index (χ3v) is 3.29. The summed E-state index contributed by atoms with van der Waals surface area (Å²) < 4.78 is 19.7. The molecule has 19 heavy (non-hydrogen) atoms. The van der Waals surface area contributed by atoms with Crippen LogP contribution in [0.3, 0.4) is 0 Å². The van der Waals surface area contributed by atoms with E-state index < -0.39 is 5.82 Å². The van der Waals surface area contributed by atoms with Gasteiger partial charge in [-0.15, -0.1) is 0 Å². The summed E-state index contributed by atoms with van der Waals surface area (Å²) in [5.74, 6) is -0.233. The Balaban J connectivity index is 2.34. The highest BCUT2D eigenvalue weighted by molar-refractivity contribution is 9.10. The van der Waals surface area contributed by atoms with Crippen molar-refractivity contribution >= 4 is 33.4 Å². The molecule has 0 heterocycles. The van der Waals surface area contributed by atoms with E-state index in [9.17, 15) is 4.39 Å². The number of hydrogen-bond acceptors (Lipinski definition) is 2. The van der Waals surface area contributed by atoms with Crippen LogP contribution in [0.1, 0.15) is 5.56 Å². The number of amidine groups is 1. The van der Waals surface area contributed by atoms with Crippen molar-refractivity contribution in [3.63, 3.8) is 0 Å². The minimum Gasteiger partial charge on any atom is -0.453 e. The first-order chi connectivity index (χ1) is 8.99. The lowest BCUT2D eigenvalue weighted by molar-refractivity contribution is 0.440. The van der Waals surface area contributed by atoms with Crippen molar-refractivity contribution in [1.29, 1.82) is 5.41 Å². The third-order valence-electron chi connectivity index (χ3n) is 2.38. The van der Waals surface area contributed by atoms with Gasteiger partial charge in [0, 0.05) is 5.56 Å². The summed E-state index contributed by atoms with van der Waals surface area (Å²) in [4.78, 5) is 0. The monoisotopic (exact) mass is 342 g/mol. The summed E-state index contributed by atoms with van der Waals surface area (Å²) in [6.07, 6.45) is 0. The fourth-order valence-corrected chi connectivity index (χ4v) is 2.06. The fraction of sp³-hybridized carbons (Fsp3) is 0. The maximum Gasteiger partial charge on any atom is 0.184 e. The van der Waals surface area contributed by atoms with Crippen molar-refractivity contribution in [2.75, 3.05) is 0 Å². The van der Waals surface area contributed by atoms with E-state index >= 15 is 0 Å². The van der Waals surface area contributed by atoms with E-state index in [-0.39, 0.29) is 16.6 Å². The molecule has 0 saturated heterocycles. The number of halogens is 3. The second-order valence-corrected chi connectivity index (χ2v) is 4.97. The molecular formula is C13H9BrClFN2O. The van der Waals surface area contributed by atoms with Gasteiger partial charge >= 0.3 is 0 Å². The molecule has 0 aliphatic heterocycles. The summed E-state index contributed by atoms with van der Waals surface area (Å²) in [5, 5.41) is 7.32. The second-order valence-electron chi connectivity index (χ2n) is 3.71. The topological polar surface area (TPSA) is 59.1 Å². The van der Waals surface area contributed by atoms with E-state index in [0.717, 1.165) is 0 Å². The minimum atomic E-state index is -0.619. The molecule has 0 atom stereocenters. The molecular weight excluding hydrogens is 335 g/mol. The quantitative estimate of drug-likeness (QED) is 0.644. The number of nitrogens with two attached hydrogens (primary N) is 1. The molecule has 0 aromatic heterocycles. The first kappa shape index (κ1) is 13.8. The van der Waals surface area contributed by atoms with Gasteiger partial charge in [0.15, 0.2) is 11.6 Å². The summed E-state index contributed by atoms with van der Waals surface area (Å²) in [6.45, 7) is 0. The van der Waals surface area contributed by atoms with Crippen molar-refractivity contribution in [3.8, 4) is 11.5 Å². The summed E-state index contributed by atoms with van der Waals surface area (Å²) in [5.41, 5.74) is 5.92. The van der Waals surface area contributed by atoms with Crippen LogP contribution in [0.5, 0.6) is 11.5 Å². The molecule has 2 aromatic carbocycles. The lowest BCUT2D eigenvalue weighted by atomic mass is 10.2. The molecule has 0 saturated carbocycles. The van der Waals surface area contributed by atoms with E-state index in [1.54, 1.807) is 24.3 Å². The van der Waals surface area contributed by atoms with Gasteiger partial charge < -0.3 is 10.5 Å². The van der Waals surface area contributed by atoms with Gasteiger partial charge in [0.25, 0.3) is 0 Å². The normalized spacial score (nSPS) is 10.3. The Hall–Kier alpha value is -1.59. The van der Waals surface area contributed by atoms with E-state index in [0.29, 0.717) is 15.8 Å². The highest BCUT2D eigenvalue weighted by Gasteiger charge is 2.11. The summed E-state index contributed by atoms with van der Waals surface area (Å²) >= 11 is 8.96. The Kier molecular flexibility index (Phi) is 4.07. The molecule has 0 bridgehead atoms. The second kappa shape index (κ2) is 5.59. The first-order valence-electron chi connectivity index (χ1n) is 5.25. The maximum atomic E-state index is 13.7. The van der Waals surface area contributed by atoms with Crippen LogP contribution in [0, 0.1) is 11.2 Å². The Morgan fingerprint density at radius 3 is 2.63 bits per heavy atom. The van der Waals surface area contributed by atoms with E-state index in [1.165, 1.54) is 12.1 Å². The summed E-state index contributed by atoms with van der Waals surface area (Å²) in [6, 6.07) is 9.36. The largest absolute Gasteiger partial charge is 0.453 e. The standard InChI is InChI=1S/C13H9BrClFN2O/c14-8-6-7(13(17)18)4-5-10(8)19-11-3-1-2-9(15)12(11)16/h1-6H,(H3,17,18). The third kappa shape index (κ3) is 3.05. The zero-order valence-electron chi connectivity index (χ0n) is 9.58. The van der Waals surface area contributed by atoms with Crippen LogP contribution in [-0.2, 0) is 0 Å². The Bertz CT molecular complexity index is 649. The van der Waals surface area contributed by atoms with Gasteiger partial charge in [-0.2, -0.15) is 0 Å². The predicted octanol–water partition coefficient (Wildman–Crippen LogP) is 4.32. The number of hydrogen-bond donors (Lipinski definition) is 2. The van der Waals surface area contributed by atoms with E-state index in [1.807, 2.05) is 0 Å². The van der Waals surface area contributed by atoms with Crippen LogP contribution in [0.4, 0.5) is 4.39 Å². The highest BCUT2D eigenvalue weighted by Crippen LogP contribution is 2.33. The number of ether oxygens (including phenoxy) is 1. The first-order valence-corrected chi connectivity index (χ1v) is 6.42. The molecule has 98 valence electrons. The van der Waals surface area contributed by atoms with Gasteiger partial charge in [0.05, 0.1) is 9.50 Å². The number of rotatable bonds is 3. The van der Waals surface area contributed by atoms with Gasteiger partial charge in [0.2, 0.25) is 0 Å². The SMILES string of the molecule is N=C(N)c1ccc(Oc2cccc(Cl)c2F)c(Br)c1. The van der Waals surface area contributed by atoms with Crippen molar-refractivity contribution < 1.29 is 9.13 Å². The zero-order valence-corrected chi connectivity index (χ0v) is 11.9. The van der Waals surface area contributed by atoms with Crippen molar-refractivity contribution in [1.82, 2.24) is 0 Å². The van der Waals surface area contributed by atoms with Gasteiger partial charge in [-0.25, -0.2) is 4.39 Å². The Morgan fingerprint density at radius 2 is 2.00 bits per heavy atom. The average Bonchev–Trinajstić information content (AvgIpc) is 2.37. The number of benzene rings is 2. The maximum absolute atomic E-state index is 13.7. The molecule has 0 amide bonds. The molecule has 0 fully saturated rings. The Morgan fingerprint density at radius 1 is 1.26 bits per heavy atom. The van der Waals surface area contributed by atoms with E-state index in [4.69, 9.17) is 27.5 Å². The molecule has 3 N–H and O–H groups in total.